The molecule has 4 aromatic rings. The van der Waals surface area contributed by atoms with Gasteiger partial charge in [-0.05, 0) is 110 Å². The summed E-state index contributed by atoms with van der Waals surface area (Å²) in [6, 6.07) is 26.0. The number of ketones is 1. The van der Waals surface area contributed by atoms with Gasteiger partial charge in [0.2, 0.25) is 0 Å². The van der Waals surface area contributed by atoms with Gasteiger partial charge in [0.05, 0.1) is 0 Å². The fourth-order valence-corrected chi connectivity index (χ4v) is 4.18. The number of carbonyl (C=O) groups is 1. The predicted octanol–water partition coefficient (Wildman–Crippen LogP) is 8.64. The minimum absolute atomic E-state index is 0.0530. The summed E-state index contributed by atoms with van der Waals surface area (Å²) in [4.78, 5) is 12.9. The summed E-state index contributed by atoms with van der Waals surface area (Å²) in [6.45, 7) is 3.98. The van der Waals surface area contributed by atoms with Crippen molar-refractivity contribution in [3.05, 3.63) is 116 Å². The predicted molar refractivity (Wildman–Crippen MR) is 134 cm³/mol. The molecule has 4 rings (SSSR count). The number of aryl methyl sites for hydroxylation is 2. The van der Waals surface area contributed by atoms with Crippen LogP contribution in [0.15, 0.2) is 93.9 Å². The zero-order chi connectivity index (χ0) is 22.7. The van der Waals surface area contributed by atoms with E-state index in [9.17, 15) is 4.79 Å². The molecule has 0 aliphatic carbocycles. The minimum atomic E-state index is -0.0530. The molecule has 0 amide bonds. The number of carbonyl (C=O) groups excluding carboxylic acids is 1. The van der Waals surface area contributed by atoms with Gasteiger partial charge >= 0.3 is 0 Å². The molecule has 0 heterocycles. The molecule has 0 fully saturated rings. The van der Waals surface area contributed by atoms with Crippen LogP contribution in [0.3, 0.4) is 0 Å². The van der Waals surface area contributed by atoms with Gasteiger partial charge in [-0.2, -0.15) is 0 Å². The highest BCUT2D eigenvalue weighted by Crippen LogP contribution is 2.29. The van der Waals surface area contributed by atoms with Crippen molar-refractivity contribution in [1.29, 1.82) is 0 Å². The van der Waals surface area contributed by atoms with Gasteiger partial charge in [0, 0.05) is 20.1 Å². The van der Waals surface area contributed by atoms with Gasteiger partial charge in [-0.3, -0.25) is 4.79 Å². The second kappa shape index (κ2) is 9.72. The Morgan fingerprint density at radius 2 is 0.969 bits per heavy atom. The van der Waals surface area contributed by atoms with E-state index in [0.29, 0.717) is 22.6 Å². The van der Waals surface area contributed by atoms with E-state index < -0.39 is 0 Å². The third-order valence-corrected chi connectivity index (χ3v) is 5.95. The van der Waals surface area contributed by atoms with Gasteiger partial charge in [0.25, 0.3) is 0 Å². The van der Waals surface area contributed by atoms with E-state index in [0.717, 1.165) is 31.6 Å². The third-order valence-electron chi connectivity index (χ3n) is 4.96. The number of rotatable bonds is 6. The lowest BCUT2D eigenvalue weighted by molar-refractivity contribution is 0.103. The number of hydrogen-bond donors (Lipinski definition) is 0. The Kier molecular flexibility index (Phi) is 6.77. The molecular formula is C27H20Br2O3. The Morgan fingerprint density at radius 1 is 0.594 bits per heavy atom. The van der Waals surface area contributed by atoms with Crippen LogP contribution >= 0.6 is 31.9 Å². The first-order valence-corrected chi connectivity index (χ1v) is 11.6. The van der Waals surface area contributed by atoms with Crippen molar-refractivity contribution in [1.82, 2.24) is 0 Å². The van der Waals surface area contributed by atoms with Gasteiger partial charge < -0.3 is 9.47 Å². The van der Waals surface area contributed by atoms with Crippen LogP contribution in [0.5, 0.6) is 23.0 Å². The molecule has 32 heavy (non-hydrogen) atoms. The summed E-state index contributed by atoms with van der Waals surface area (Å²) in [5, 5.41) is 0. The van der Waals surface area contributed by atoms with Crippen molar-refractivity contribution < 1.29 is 14.3 Å². The van der Waals surface area contributed by atoms with Crippen LogP contribution in [0.4, 0.5) is 0 Å². The third kappa shape index (κ3) is 5.29. The second-order valence-corrected chi connectivity index (χ2v) is 9.23. The molecule has 5 heteroatoms. The average Bonchev–Trinajstić information content (AvgIpc) is 2.78. The molecular weight excluding hydrogens is 532 g/mol. The Balaban J connectivity index is 1.44. The van der Waals surface area contributed by atoms with Crippen LogP contribution in [0, 0.1) is 13.8 Å². The minimum Gasteiger partial charge on any atom is -0.457 e. The normalized spacial score (nSPS) is 10.6. The Morgan fingerprint density at radius 3 is 1.31 bits per heavy atom. The first-order chi connectivity index (χ1) is 15.4. The monoisotopic (exact) mass is 550 g/mol. The van der Waals surface area contributed by atoms with Crippen molar-refractivity contribution in [2.75, 3.05) is 0 Å². The van der Waals surface area contributed by atoms with Gasteiger partial charge in [0.1, 0.15) is 23.0 Å². The van der Waals surface area contributed by atoms with E-state index in [1.165, 1.54) is 0 Å². The molecule has 0 saturated heterocycles. The maximum absolute atomic E-state index is 12.9. The summed E-state index contributed by atoms with van der Waals surface area (Å²) in [5.41, 5.74) is 3.25. The lowest BCUT2D eigenvalue weighted by atomic mass is 10.0. The average molecular weight is 552 g/mol. The van der Waals surface area contributed by atoms with Gasteiger partial charge in [0.15, 0.2) is 5.78 Å². The highest BCUT2D eigenvalue weighted by atomic mass is 79.9. The van der Waals surface area contributed by atoms with Gasteiger partial charge in [-0.1, -0.05) is 31.9 Å². The second-order valence-electron chi connectivity index (χ2n) is 7.40. The Hall–Kier alpha value is -2.89. The molecule has 0 N–H and O–H groups in total. The van der Waals surface area contributed by atoms with Crippen molar-refractivity contribution in [2.45, 2.75) is 13.8 Å². The smallest absolute Gasteiger partial charge is 0.193 e. The van der Waals surface area contributed by atoms with Crippen LogP contribution < -0.4 is 9.47 Å². The Bertz CT molecular complexity index is 1160. The molecule has 0 saturated carbocycles. The standard InChI is InChI=1S/C27H20Br2O3/c1-17-15-21(28)7-13-25(17)31-23-9-3-19(4-10-23)27(30)20-5-11-24(12-6-20)32-26-14-8-22(29)16-18(26)2/h3-16H,1-2H3. The first kappa shape index (κ1) is 22.3. The van der Waals surface area contributed by atoms with E-state index in [1.54, 1.807) is 24.3 Å². The fourth-order valence-electron chi connectivity index (χ4n) is 3.22. The van der Waals surface area contributed by atoms with Crippen LogP contribution in [-0.2, 0) is 0 Å². The number of halogens is 2. The van der Waals surface area contributed by atoms with Crippen LogP contribution in [0.1, 0.15) is 27.0 Å². The van der Waals surface area contributed by atoms with E-state index in [2.05, 4.69) is 31.9 Å². The quantitative estimate of drug-likeness (QED) is 0.225. The summed E-state index contributed by atoms with van der Waals surface area (Å²) in [7, 11) is 0. The highest BCUT2D eigenvalue weighted by Gasteiger charge is 2.11. The maximum Gasteiger partial charge on any atom is 0.193 e. The molecule has 0 unspecified atom stereocenters. The molecule has 0 aliphatic rings. The molecule has 0 radical (unpaired) electrons. The molecule has 0 aromatic heterocycles. The number of ether oxygens (including phenoxy) is 2. The summed E-state index contributed by atoms with van der Waals surface area (Å²) < 4.78 is 13.9. The summed E-state index contributed by atoms with van der Waals surface area (Å²) in [6.07, 6.45) is 0. The molecule has 0 atom stereocenters. The first-order valence-electron chi connectivity index (χ1n) is 10.0. The maximum atomic E-state index is 12.9. The lowest BCUT2D eigenvalue weighted by Crippen LogP contribution is -2.01. The van der Waals surface area contributed by atoms with Crippen molar-refractivity contribution >= 4 is 37.6 Å². The van der Waals surface area contributed by atoms with Crippen LogP contribution in [0.25, 0.3) is 0 Å². The molecule has 3 nitrogen and oxygen atoms in total. The largest absolute Gasteiger partial charge is 0.457 e. The van der Waals surface area contributed by atoms with Crippen molar-refractivity contribution in [3.8, 4) is 23.0 Å². The number of benzene rings is 4. The van der Waals surface area contributed by atoms with E-state index >= 15 is 0 Å². The van der Waals surface area contributed by atoms with Gasteiger partial charge in [-0.25, -0.2) is 0 Å². The zero-order valence-corrected chi connectivity index (χ0v) is 20.7. The van der Waals surface area contributed by atoms with E-state index in [-0.39, 0.29) is 5.78 Å². The van der Waals surface area contributed by atoms with E-state index in [4.69, 9.17) is 9.47 Å². The van der Waals surface area contributed by atoms with Crippen molar-refractivity contribution in [3.63, 3.8) is 0 Å². The van der Waals surface area contributed by atoms with Crippen LogP contribution in [0.2, 0.25) is 0 Å². The molecule has 0 spiro atoms. The molecule has 160 valence electrons. The number of hydrogen-bond acceptors (Lipinski definition) is 3. The van der Waals surface area contributed by atoms with E-state index in [1.807, 2.05) is 74.5 Å². The molecule has 0 aliphatic heterocycles. The summed E-state index contributed by atoms with van der Waals surface area (Å²) in [5.74, 6) is 2.87. The molecule has 0 bridgehead atoms. The topological polar surface area (TPSA) is 35.5 Å². The van der Waals surface area contributed by atoms with Crippen LogP contribution in [-0.4, -0.2) is 5.78 Å². The lowest BCUT2D eigenvalue weighted by Gasteiger charge is -2.10. The fraction of sp³-hybridized carbons (Fsp3) is 0.0741. The zero-order valence-electron chi connectivity index (χ0n) is 17.6. The van der Waals surface area contributed by atoms with Gasteiger partial charge in [-0.15, -0.1) is 0 Å². The summed E-state index contributed by atoms with van der Waals surface area (Å²) >= 11 is 6.91. The van der Waals surface area contributed by atoms with Crippen molar-refractivity contribution in [2.24, 2.45) is 0 Å². The molecule has 4 aromatic carbocycles. The highest BCUT2D eigenvalue weighted by molar-refractivity contribution is 9.10. The SMILES string of the molecule is Cc1cc(Br)ccc1Oc1ccc(C(=O)c2ccc(Oc3ccc(Br)cc3C)cc2)cc1. The Labute approximate surface area is 204 Å².